The molecular weight excluding hydrogens is 350 g/mol. The molecule has 28 heavy (non-hydrogen) atoms. The average molecular weight is 377 g/mol. The van der Waals surface area contributed by atoms with Gasteiger partial charge in [-0.05, 0) is 52.0 Å². The molecule has 0 saturated carbocycles. The van der Waals surface area contributed by atoms with Gasteiger partial charge in [-0.25, -0.2) is 4.79 Å². The molecule has 0 atom stereocenters. The van der Waals surface area contributed by atoms with Crippen LogP contribution < -0.4 is 0 Å². The number of carbonyl (C=O) groups is 1. The Kier molecular flexibility index (Phi) is 5.12. The lowest BCUT2D eigenvalue weighted by Gasteiger charge is -2.15. The SMILES string of the molecule is CCOC(=O)c1c(C)n(CCC2=CCCCC2)c2c1cc(O)c1ccccc12. The molecule has 3 aromatic rings. The Morgan fingerprint density at radius 3 is 2.68 bits per heavy atom. The van der Waals surface area contributed by atoms with Crippen molar-refractivity contribution in [1.82, 2.24) is 4.57 Å². The highest BCUT2D eigenvalue weighted by Gasteiger charge is 2.23. The van der Waals surface area contributed by atoms with Gasteiger partial charge in [-0.1, -0.05) is 35.9 Å². The smallest absolute Gasteiger partial charge is 0.340 e. The van der Waals surface area contributed by atoms with Crippen LogP contribution in [-0.2, 0) is 11.3 Å². The van der Waals surface area contributed by atoms with Crippen molar-refractivity contribution in [2.75, 3.05) is 6.61 Å². The summed E-state index contributed by atoms with van der Waals surface area (Å²) in [7, 11) is 0. The van der Waals surface area contributed by atoms with Crippen molar-refractivity contribution in [2.24, 2.45) is 0 Å². The lowest BCUT2D eigenvalue weighted by atomic mass is 9.97. The van der Waals surface area contributed by atoms with E-state index in [1.807, 2.05) is 38.1 Å². The molecule has 0 aliphatic heterocycles. The van der Waals surface area contributed by atoms with Gasteiger partial charge in [-0.3, -0.25) is 0 Å². The van der Waals surface area contributed by atoms with Crippen LogP contribution in [0.4, 0.5) is 0 Å². The standard InChI is InChI=1S/C24H27NO3/c1-3-28-24(27)22-16(2)25(14-13-17-9-5-4-6-10-17)23-19-12-8-7-11-18(19)21(26)15-20(22)23/h7-9,11-12,15,26H,3-6,10,13-14H2,1-2H3. The third-order valence-electron chi connectivity index (χ3n) is 5.82. The van der Waals surface area contributed by atoms with Crippen molar-refractivity contribution in [3.8, 4) is 5.75 Å². The number of nitrogens with zero attached hydrogens (tertiary/aromatic N) is 1. The van der Waals surface area contributed by atoms with Crippen LogP contribution in [0, 0.1) is 6.92 Å². The molecule has 1 N–H and O–H groups in total. The molecule has 1 aliphatic carbocycles. The quantitative estimate of drug-likeness (QED) is 0.446. The van der Waals surface area contributed by atoms with Crippen LogP contribution in [0.25, 0.3) is 21.7 Å². The number of hydrogen-bond acceptors (Lipinski definition) is 3. The monoisotopic (exact) mass is 377 g/mol. The van der Waals surface area contributed by atoms with E-state index in [9.17, 15) is 9.90 Å². The molecular formula is C24H27NO3. The van der Waals surface area contributed by atoms with Crippen molar-refractivity contribution in [3.05, 3.63) is 53.2 Å². The molecule has 0 unspecified atom stereocenters. The molecule has 1 aliphatic rings. The number of esters is 1. The predicted octanol–water partition coefficient (Wildman–Crippen LogP) is 5.88. The molecule has 1 heterocycles. The zero-order valence-electron chi connectivity index (χ0n) is 16.6. The van der Waals surface area contributed by atoms with Crippen molar-refractivity contribution in [2.45, 2.75) is 52.5 Å². The van der Waals surface area contributed by atoms with Crippen LogP contribution in [0.5, 0.6) is 5.75 Å². The van der Waals surface area contributed by atoms with Crippen molar-refractivity contribution in [3.63, 3.8) is 0 Å². The Morgan fingerprint density at radius 1 is 1.18 bits per heavy atom. The van der Waals surface area contributed by atoms with Crippen molar-refractivity contribution >= 4 is 27.6 Å². The van der Waals surface area contributed by atoms with E-state index in [4.69, 9.17) is 4.74 Å². The van der Waals surface area contributed by atoms with E-state index >= 15 is 0 Å². The maximum absolute atomic E-state index is 12.7. The minimum absolute atomic E-state index is 0.195. The van der Waals surface area contributed by atoms with E-state index in [0.29, 0.717) is 12.2 Å². The van der Waals surface area contributed by atoms with Crippen LogP contribution in [0.2, 0.25) is 0 Å². The van der Waals surface area contributed by atoms with Crippen molar-refractivity contribution in [1.29, 1.82) is 0 Å². The molecule has 1 aromatic heterocycles. The van der Waals surface area contributed by atoms with E-state index in [-0.39, 0.29) is 11.7 Å². The fourth-order valence-corrected chi connectivity index (χ4v) is 4.45. The predicted molar refractivity (Wildman–Crippen MR) is 113 cm³/mol. The number of aryl methyl sites for hydroxylation is 1. The summed E-state index contributed by atoms with van der Waals surface area (Å²) >= 11 is 0. The first-order valence-electron chi connectivity index (χ1n) is 10.2. The fourth-order valence-electron chi connectivity index (χ4n) is 4.45. The van der Waals surface area contributed by atoms with E-state index in [1.165, 1.54) is 31.3 Å². The normalized spacial score (nSPS) is 14.4. The zero-order chi connectivity index (χ0) is 19.7. The van der Waals surface area contributed by atoms with Gasteiger partial charge < -0.3 is 14.4 Å². The number of aromatic hydroxyl groups is 1. The number of ether oxygens (including phenoxy) is 1. The molecule has 0 fully saturated rings. The summed E-state index contributed by atoms with van der Waals surface area (Å²) in [6, 6.07) is 9.55. The van der Waals surface area contributed by atoms with Crippen molar-refractivity contribution < 1.29 is 14.6 Å². The van der Waals surface area contributed by atoms with Crippen LogP contribution in [0.15, 0.2) is 42.0 Å². The van der Waals surface area contributed by atoms with Gasteiger partial charge in [0.2, 0.25) is 0 Å². The highest BCUT2D eigenvalue weighted by Crippen LogP contribution is 2.38. The Labute approximate surface area is 165 Å². The van der Waals surface area contributed by atoms with Crippen LogP contribution in [-0.4, -0.2) is 22.2 Å². The number of allylic oxidation sites excluding steroid dienone is 2. The lowest BCUT2D eigenvalue weighted by Crippen LogP contribution is -2.08. The number of rotatable bonds is 5. The van der Waals surface area contributed by atoms with E-state index in [2.05, 4.69) is 10.6 Å². The summed E-state index contributed by atoms with van der Waals surface area (Å²) in [5.41, 5.74) is 3.98. The maximum Gasteiger partial charge on any atom is 0.340 e. The number of phenols is 1. The number of aromatic nitrogens is 1. The van der Waals surface area contributed by atoms with E-state index < -0.39 is 0 Å². The van der Waals surface area contributed by atoms with Crippen LogP contribution >= 0.6 is 0 Å². The van der Waals surface area contributed by atoms with Gasteiger partial charge in [0.1, 0.15) is 5.75 Å². The summed E-state index contributed by atoms with van der Waals surface area (Å²) in [5, 5.41) is 13.1. The lowest BCUT2D eigenvalue weighted by molar-refractivity contribution is 0.0527. The van der Waals surface area contributed by atoms with Gasteiger partial charge in [-0.15, -0.1) is 0 Å². The fraction of sp³-hybridized carbons (Fsp3) is 0.375. The molecule has 0 bridgehead atoms. The van der Waals surface area contributed by atoms with Gasteiger partial charge in [0, 0.05) is 28.4 Å². The molecule has 0 spiro atoms. The molecule has 146 valence electrons. The molecule has 2 aromatic carbocycles. The van der Waals surface area contributed by atoms with Gasteiger partial charge in [0.25, 0.3) is 0 Å². The summed E-state index contributed by atoms with van der Waals surface area (Å²) in [6.45, 7) is 4.95. The second-order valence-corrected chi connectivity index (χ2v) is 7.53. The third kappa shape index (κ3) is 3.17. The zero-order valence-corrected chi connectivity index (χ0v) is 16.6. The molecule has 4 nitrogen and oxygen atoms in total. The van der Waals surface area contributed by atoms with E-state index in [0.717, 1.165) is 40.3 Å². The molecule has 0 saturated heterocycles. The van der Waals surface area contributed by atoms with Crippen LogP contribution in [0.1, 0.15) is 55.1 Å². The molecule has 0 amide bonds. The number of phenolic OH excluding ortho intramolecular Hbond substituents is 1. The highest BCUT2D eigenvalue weighted by molar-refractivity contribution is 6.16. The van der Waals surface area contributed by atoms with Gasteiger partial charge in [0.15, 0.2) is 0 Å². The molecule has 4 heteroatoms. The largest absolute Gasteiger partial charge is 0.507 e. The Balaban J connectivity index is 1.91. The van der Waals surface area contributed by atoms with Gasteiger partial charge >= 0.3 is 5.97 Å². The first kappa shape index (κ1) is 18.6. The average Bonchev–Trinajstić information content (AvgIpc) is 2.99. The Bertz CT molecular complexity index is 1070. The first-order chi connectivity index (χ1) is 13.6. The van der Waals surface area contributed by atoms with Crippen LogP contribution in [0.3, 0.4) is 0 Å². The summed E-state index contributed by atoms with van der Waals surface area (Å²) < 4.78 is 7.57. The van der Waals surface area contributed by atoms with E-state index in [1.54, 1.807) is 6.07 Å². The number of benzene rings is 2. The second kappa shape index (κ2) is 7.70. The second-order valence-electron chi connectivity index (χ2n) is 7.53. The summed E-state index contributed by atoms with van der Waals surface area (Å²) in [5.74, 6) is -0.129. The minimum atomic E-state index is -0.324. The Morgan fingerprint density at radius 2 is 1.96 bits per heavy atom. The topological polar surface area (TPSA) is 51.5 Å². The van der Waals surface area contributed by atoms with Gasteiger partial charge in [0.05, 0.1) is 17.7 Å². The number of fused-ring (bicyclic) bond motifs is 3. The highest BCUT2D eigenvalue weighted by atomic mass is 16.5. The molecule has 0 radical (unpaired) electrons. The summed E-state index contributed by atoms with van der Waals surface area (Å²) in [6.07, 6.45) is 8.26. The first-order valence-corrected chi connectivity index (χ1v) is 10.2. The minimum Gasteiger partial charge on any atom is -0.507 e. The third-order valence-corrected chi connectivity index (χ3v) is 5.82. The number of carbonyl (C=O) groups excluding carboxylic acids is 1. The molecule has 4 rings (SSSR count). The summed E-state index contributed by atoms with van der Waals surface area (Å²) in [4.78, 5) is 12.7. The number of hydrogen-bond donors (Lipinski definition) is 1. The van der Waals surface area contributed by atoms with Gasteiger partial charge in [-0.2, -0.15) is 0 Å². The Hall–Kier alpha value is -2.75. The maximum atomic E-state index is 12.7.